The smallest absolute Gasteiger partial charge is 0.323 e. The zero-order valence-corrected chi connectivity index (χ0v) is 25.4. The van der Waals surface area contributed by atoms with Gasteiger partial charge < -0.3 is 19.1 Å². The number of amides is 1. The minimum atomic E-state index is -0.0783. The van der Waals surface area contributed by atoms with Gasteiger partial charge in [-0.2, -0.15) is 9.97 Å². The molecule has 0 radical (unpaired) electrons. The van der Waals surface area contributed by atoms with E-state index in [0.717, 1.165) is 31.7 Å². The van der Waals surface area contributed by atoms with E-state index in [2.05, 4.69) is 80.4 Å². The van der Waals surface area contributed by atoms with Crippen molar-refractivity contribution in [3.63, 3.8) is 0 Å². The van der Waals surface area contributed by atoms with Crippen LogP contribution in [0.4, 0.5) is 0 Å². The van der Waals surface area contributed by atoms with Crippen molar-refractivity contribution in [3.8, 4) is 17.8 Å². The maximum atomic E-state index is 12.5. The van der Waals surface area contributed by atoms with Gasteiger partial charge in [-0.1, -0.05) is 60.7 Å². The van der Waals surface area contributed by atoms with E-state index in [-0.39, 0.29) is 36.0 Å². The molecule has 1 aromatic heterocycles. The Balaban J connectivity index is 1.54. The topological polar surface area (TPSA) is 80.3 Å². The molecule has 9 heteroatoms. The molecule has 42 heavy (non-hydrogen) atoms. The van der Waals surface area contributed by atoms with Gasteiger partial charge in [0.1, 0.15) is 0 Å². The molecule has 0 bridgehead atoms. The van der Waals surface area contributed by atoms with Crippen LogP contribution in [0.3, 0.4) is 0 Å². The Kier molecular flexibility index (Phi) is 9.59. The second-order valence-corrected chi connectivity index (χ2v) is 11.3. The Labute approximate surface area is 249 Å². The number of methoxy groups -OCH3 is 1. The quantitative estimate of drug-likeness (QED) is 0.357. The van der Waals surface area contributed by atoms with Gasteiger partial charge in [0.15, 0.2) is 0 Å². The van der Waals surface area contributed by atoms with Crippen LogP contribution in [-0.4, -0.2) is 95.2 Å². The molecule has 1 amide bonds. The molecular weight excluding hydrogens is 530 g/mol. The Bertz CT molecular complexity index is 1280. The SMILES string of the molecule is CCOc1nc(OC)c(CN2CC3CN(C(C)=O)CCN3C(C(c3ccccc3)c3ccccc3)C2)c(OC(C)C)n1. The molecule has 5 rings (SSSR count). The van der Waals surface area contributed by atoms with E-state index < -0.39 is 0 Å². The second-order valence-electron chi connectivity index (χ2n) is 11.3. The van der Waals surface area contributed by atoms with E-state index >= 15 is 0 Å². The van der Waals surface area contributed by atoms with Gasteiger partial charge >= 0.3 is 6.01 Å². The molecular formula is C33H43N5O4. The van der Waals surface area contributed by atoms with Crippen molar-refractivity contribution < 1.29 is 19.0 Å². The first-order valence-corrected chi connectivity index (χ1v) is 15.0. The molecule has 2 aliphatic heterocycles. The Morgan fingerprint density at radius 3 is 2.14 bits per heavy atom. The van der Waals surface area contributed by atoms with Crippen molar-refractivity contribution in [2.45, 2.75) is 58.3 Å². The highest BCUT2D eigenvalue weighted by molar-refractivity contribution is 5.73. The number of benzene rings is 2. The first-order valence-electron chi connectivity index (χ1n) is 15.0. The number of ether oxygens (including phenoxy) is 3. The van der Waals surface area contributed by atoms with Gasteiger partial charge in [-0.05, 0) is 31.9 Å². The van der Waals surface area contributed by atoms with Crippen LogP contribution in [0.2, 0.25) is 0 Å². The van der Waals surface area contributed by atoms with Gasteiger partial charge in [0.25, 0.3) is 0 Å². The van der Waals surface area contributed by atoms with E-state index in [4.69, 9.17) is 14.2 Å². The molecule has 3 aromatic rings. The number of hydrogen-bond donors (Lipinski definition) is 0. The van der Waals surface area contributed by atoms with Crippen LogP contribution in [0.15, 0.2) is 60.7 Å². The van der Waals surface area contributed by atoms with Crippen LogP contribution >= 0.6 is 0 Å². The first kappa shape index (κ1) is 29.8. The summed E-state index contributed by atoms with van der Waals surface area (Å²) in [6, 6.07) is 22.2. The summed E-state index contributed by atoms with van der Waals surface area (Å²) < 4.78 is 17.6. The molecule has 2 fully saturated rings. The summed E-state index contributed by atoms with van der Waals surface area (Å²) in [6.45, 7) is 12.4. The number of carbonyl (C=O) groups excluding carboxylic acids is 1. The summed E-state index contributed by atoms with van der Waals surface area (Å²) in [7, 11) is 1.62. The highest BCUT2D eigenvalue weighted by atomic mass is 16.5. The van der Waals surface area contributed by atoms with Gasteiger partial charge in [-0.15, -0.1) is 0 Å². The number of hydrogen-bond acceptors (Lipinski definition) is 8. The Morgan fingerprint density at radius 2 is 1.57 bits per heavy atom. The molecule has 0 aliphatic carbocycles. The highest BCUT2D eigenvalue weighted by Crippen LogP contribution is 2.37. The number of piperazine rings is 2. The molecule has 224 valence electrons. The summed E-state index contributed by atoms with van der Waals surface area (Å²) in [6.07, 6.45) is -0.0783. The van der Waals surface area contributed by atoms with Crippen molar-refractivity contribution in [1.29, 1.82) is 0 Å². The maximum absolute atomic E-state index is 12.5. The lowest BCUT2D eigenvalue weighted by molar-refractivity contribution is -0.134. The van der Waals surface area contributed by atoms with E-state index in [0.29, 0.717) is 31.5 Å². The Hall–Kier alpha value is -3.69. The van der Waals surface area contributed by atoms with Gasteiger partial charge in [-0.3, -0.25) is 14.6 Å². The molecule has 2 unspecified atom stereocenters. The summed E-state index contributed by atoms with van der Waals surface area (Å²) in [5.74, 6) is 1.22. The standard InChI is InChI=1S/C33H43N5O4/c1-6-41-33-34-31(40-5)28(32(35-33)42-23(2)3)21-36-19-27-20-37(24(4)39)17-18-38(27)29(22-36)30(25-13-9-7-10-14-25)26-15-11-8-12-16-26/h7-16,23,27,29-30H,6,17-22H2,1-5H3. The number of fused-ring (bicyclic) bond motifs is 1. The van der Waals surface area contributed by atoms with E-state index in [1.807, 2.05) is 25.7 Å². The molecule has 0 N–H and O–H groups in total. The highest BCUT2D eigenvalue weighted by Gasteiger charge is 2.43. The lowest BCUT2D eigenvalue weighted by Gasteiger charge is -2.53. The van der Waals surface area contributed by atoms with Crippen LogP contribution in [0.5, 0.6) is 17.8 Å². The molecule has 0 saturated carbocycles. The van der Waals surface area contributed by atoms with E-state index in [1.165, 1.54) is 11.1 Å². The zero-order valence-electron chi connectivity index (χ0n) is 25.4. The predicted molar refractivity (Wildman–Crippen MR) is 162 cm³/mol. The van der Waals surface area contributed by atoms with Crippen LogP contribution in [0.1, 0.15) is 50.3 Å². The van der Waals surface area contributed by atoms with Gasteiger partial charge in [0.05, 0.1) is 25.4 Å². The summed E-state index contributed by atoms with van der Waals surface area (Å²) in [5, 5.41) is 0. The van der Waals surface area contributed by atoms with Crippen molar-refractivity contribution in [2.75, 3.05) is 46.4 Å². The molecule has 2 aliphatic rings. The number of rotatable bonds is 10. The second kappa shape index (κ2) is 13.5. The fourth-order valence-corrected chi connectivity index (χ4v) is 6.35. The number of nitrogens with zero attached hydrogens (tertiary/aromatic N) is 5. The minimum absolute atomic E-state index is 0.0783. The van der Waals surface area contributed by atoms with E-state index in [9.17, 15) is 4.79 Å². The molecule has 0 spiro atoms. The van der Waals surface area contributed by atoms with Gasteiger partial charge in [0.2, 0.25) is 17.7 Å². The van der Waals surface area contributed by atoms with Crippen molar-refractivity contribution in [2.24, 2.45) is 0 Å². The summed E-state index contributed by atoms with van der Waals surface area (Å²) in [4.78, 5) is 28.7. The lowest BCUT2D eigenvalue weighted by atomic mass is 9.81. The van der Waals surface area contributed by atoms with Crippen LogP contribution in [0.25, 0.3) is 0 Å². The lowest BCUT2D eigenvalue weighted by Crippen LogP contribution is -2.67. The maximum Gasteiger partial charge on any atom is 0.323 e. The average Bonchev–Trinajstić information content (AvgIpc) is 2.99. The zero-order chi connectivity index (χ0) is 29.6. The monoisotopic (exact) mass is 573 g/mol. The number of carbonyl (C=O) groups is 1. The normalized spacial score (nSPS) is 19.5. The Morgan fingerprint density at radius 1 is 0.929 bits per heavy atom. The van der Waals surface area contributed by atoms with Crippen molar-refractivity contribution in [3.05, 3.63) is 77.4 Å². The van der Waals surface area contributed by atoms with Crippen LogP contribution in [0, 0.1) is 0 Å². The van der Waals surface area contributed by atoms with Crippen LogP contribution < -0.4 is 14.2 Å². The third-order valence-corrected chi connectivity index (χ3v) is 8.12. The fraction of sp³-hybridized carbons (Fsp3) is 0.485. The van der Waals surface area contributed by atoms with Crippen molar-refractivity contribution in [1.82, 2.24) is 24.7 Å². The van der Waals surface area contributed by atoms with Crippen molar-refractivity contribution >= 4 is 5.91 Å². The largest absolute Gasteiger partial charge is 0.481 e. The average molecular weight is 574 g/mol. The van der Waals surface area contributed by atoms with Crippen LogP contribution in [-0.2, 0) is 11.3 Å². The predicted octanol–water partition coefficient (Wildman–Crippen LogP) is 4.22. The third kappa shape index (κ3) is 6.68. The van der Waals surface area contributed by atoms with Gasteiger partial charge in [0, 0.05) is 64.2 Å². The number of aromatic nitrogens is 2. The molecule has 9 nitrogen and oxygen atoms in total. The molecule has 3 heterocycles. The summed E-state index contributed by atoms with van der Waals surface area (Å²) >= 11 is 0. The summed E-state index contributed by atoms with van der Waals surface area (Å²) in [5.41, 5.74) is 3.38. The minimum Gasteiger partial charge on any atom is -0.481 e. The molecule has 2 aromatic carbocycles. The molecule has 2 atom stereocenters. The van der Waals surface area contributed by atoms with Gasteiger partial charge in [-0.25, -0.2) is 0 Å². The first-order chi connectivity index (χ1) is 20.4. The third-order valence-electron chi connectivity index (χ3n) is 8.12. The van der Waals surface area contributed by atoms with E-state index in [1.54, 1.807) is 14.0 Å². The molecule has 2 saturated heterocycles. The fourth-order valence-electron chi connectivity index (χ4n) is 6.35.